The van der Waals surface area contributed by atoms with Gasteiger partial charge in [0.2, 0.25) is 0 Å². The van der Waals surface area contributed by atoms with Crippen molar-refractivity contribution in [2.24, 2.45) is 0 Å². The summed E-state index contributed by atoms with van der Waals surface area (Å²) in [6, 6.07) is 27.1. The van der Waals surface area contributed by atoms with Gasteiger partial charge in [0.15, 0.2) is 0 Å². The van der Waals surface area contributed by atoms with Crippen molar-refractivity contribution in [2.75, 3.05) is 37.0 Å². The maximum atomic E-state index is 12.5. The van der Waals surface area contributed by atoms with Crippen LogP contribution in [0, 0.1) is 0 Å². The van der Waals surface area contributed by atoms with Gasteiger partial charge in [0, 0.05) is 45.1 Å². The molecule has 1 heterocycles. The number of rotatable bonds is 7. The van der Waals surface area contributed by atoms with Crippen LogP contribution in [0.15, 0.2) is 78.9 Å². The quantitative estimate of drug-likeness (QED) is 0.604. The molecule has 5 nitrogen and oxygen atoms in total. The van der Waals surface area contributed by atoms with Gasteiger partial charge < -0.3 is 20.4 Å². The van der Waals surface area contributed by atoms with Crippen LogP contribution in [0.3, 0.4) is 0 Å². The summed E-state index contributed by atoms with van der Waals surface area (Å²) in [5.41, 5.74) is 6.08. The topological polar surface area (TPSA) is 47.6 Å². The van der Waals surface area contributed by atoms with Crippen molar-refractivity contribution < 1.29 is 4.79 Å². The molecular formula is C26H30N4O. The van der Waals surface area contributed by atoms with Gasteiger partial charge >= 0.3 is 6.03 Å². The van der Waals surface area contributed by atoms with E-state index in [0.29, 0.717) is 13.1 Å². The molecule has 0 spiro atoms. The van der Waals surface area contributed by atoms with E-state index in [1.807, 2.05) is 44.4 Å². The minimum atomic E-state index is -0.147. The number of carbonyl (C=O) groups excluding carboxylic acids is 1. The Hall–Kier alpha value is -3.47. The summed E-state index contributed by atoms with van der Waals surface area (Å²) in [5.74, 6) is 0. The smallest absolute Gasteiger partial charge is 0.315 e. The largest absolute Gasteiger partial charge is 0.378 e. The number of nitrogens with zero attached hydrogens (tertiary/aromatic N) is 2. The zero-order valence-electron chi connectivity index (χ0n) is 18.2. The van der Waals surface area contributed by atoms with Crippen molar-refractivity contribution in [3.63, 3.8) is 0 Å². The first-order valence-corrected chi connectivity index (χ1v) is 10.8. The van der Waals surface area contributed by atoms with E-state index in [1.165, 1.54) is 16.8 Å². The lowest BCUT2D eigenvalue weighted by Crippen LogP contribution is -2.41. The minimum Gasteiger partial charge on any atom is -0.378 e. The van der Waals surface area contributed by atoms with Gasteiger partial charge in [-0.25, -0.2) is 4.79 Å². The molecule has 1 aliphatic rings. The number of carbonyl (C=O) groups is 1. The lowest BCUT2D eigenvalue weighted by molar-refractivity contribution is 0.239. The molecule has 0 aromatic heterocycles. The number of urea groups is 1. The third-order valence-corrected chi connectivity index (χ3v) is 5.85. The second-order valence-corrected chi connectivity index (χ2v) is 8.12. The molecule has 0 radical (unpaired) electrons. The summed E-state index contributed by atoms with van der Waals surface area (Å²) in [7, 11) is 4.09. The Bertz CT molecular complexity index is 1000. The molecule has 3 aromatic rings. The number of nitrogens with one attached hydrogen (secondary N) is 2. The summed E-state index contributed by atoms with van der Waals surface area (Å²) in [5, 5.41) is 6.06. The molecule has 0 saturated carbocycles. The number of para-hydroxylation sites is 1. The standard InChI is InChI=1S/C26H30N4O/c1-29(2)23-14-12-22(13-15-23)25(30-17-16-21-10-6-7-11-24(21)30)19-28-26(31)27-18-20-8-4-3-5-9-20/h3-15,25H,16-19H2,1-2H3,(H2,27,28,31). The molecule has 0 fully saturated rings. The Morgan fingerprint density at radius 2 is 1.65 bits per heavy atom. The van der Waals surface area contributed by atoms with Crippen LogP contribution >= 0.6 is 0 Å². The third-order valence-electron chi connectivity index (χ3n) is 5.85. The van der Waals surface area contributed by atoms with Crippen LogP contribution in [0.1, 0.15) is 22.7 Å². The predicted octanol–water partition coefficient (Wildman–Crippen LogP) is 4.36. The fourth-order valence-corrected chi connectivity index (χ4v) is 4.12. The van der Waals surface area contributed by atoms with Crippen molar-refractivity contribution in [1.29, 1.82) is 0 Å². The summed E-state index contributed by atoms with van der Waals surface area (Å²) in [6.07, 6.45) is 1.03. The van der Waals surface area contributed by atoms with Crippen LogP contribution in [0.4, 0.5) is 16.2 Å². The van der Waals surface area contributed by atoms with Crippen molar-refractivity contribution in [3.8, 4) is 0 Å². The first kappa shape index (κ1) is 20.8. The first-order valence-electron chi connectivity index (χ1n) is 10.8. The van der Waals surface area contributed by atoms with Gasteiger partial charge in [-0.15, -0.1) is 0 Å². The highest BCUT2D eigenvalue weighted by Crippen LogP contribution is 2.35. The zero-order valence-corrected chi connectivity index (χ0v) is 18.2. The Morgan fingerprint density at radius 3 is 2.39 bits per heavy atom. The molecule has 1 aliphatic heterocycles. The Morgan fingerprint density at radius 1 is 0.935 bits per heavy atom. The molecule has 1 atom stereocenters. The zero-order chi connectivity index (χ0) is 21.6. The van der Waals surface area contributed by atoms with Gasteiger partial charge in [-0.05, 0) is 41.3 Å². The molecule has 2 N–H and O–H groups in total. The number of anilines is 2. The van der Waals surface area contributed by atoms with Gasteiger partial charge in [-0.2, -0.15) is 0 Å². The van der Waals surface area contributed by atoms with Crippen LogP contribution in [-0.4, -0.2) is 33.2 Å². The monoisotopic (exact) mass is 414 g/mol. The molecule has 2 amide bonds. The van der Waals surface area contributed by atoms with Crippen molar-refractivity contribution in [1.82, 2.24) is 10.6 Å². The van der Waals surface area contributed by atoms with E-state index >= 15 is 0 Å². The number of fused-ring (bicyclic) bond motifs is 1. The van der Waals surface area contributed by atoms with Crippen LogP contribution in [0.5, 0.6) is 0 Å². The van der Waals surface area contributed by atoms with E-state index in [1.54, 1.807) is 0 Å². The van der Waals surface area contributed by atoms with Gasteiger partial charge in [-0.3, -0.25) is 0 Å². The Labute approximate surface area is 184 Å². The second kappa shape index (κ2) is 9.56. The lowest BCUT2D eigenvalue weighted by Gasteiger charge is -2.31. The summed E-state index contributed by atoms with van der Waals surface area (Å²) in [6.45, 7) is 2.00. The van der Waals surface area contributed by atoms with E-state index in [4.69, 9.17) is 0 Å². The highest BCUT2D eigenvalue weighted by atomic mass is 16.2. The van der Waals surface area contributed by atoms with Crippen molar-refractivity contribution >= 4 is 17.4 Å². The molecule has 4 rings (SSSR count). The van der Waals surface area contributed by atoms with E-state index in [2.05, 4.69) is 69.0 Å². The van der Waals surface area contributed by atoms with Crippen LogP contribution in [-0.2, 0) is 13.0 Å². The number of benzene rings is 3. The Kier molecular flexibility index (Phi) is 6.41. The Balaban J connectivity index is 1.48. The van der Waals surface area contributed by atoms with Crippen LogP contribution in [0.2, 0.25) is 0 Å². The molecule has 1 unspecified atom stereocenters. The first-order chi connectivity index (χ1) is 15.1. The van der Waals surface area contributed by atoms with Crippen molar-refractivity contribution in [2.45, 2.75) is 19.0 Å². The van der Waals surface area contributed by atoms with E-state index < -0.39 is 0 Å². The van der Waals surface area contributed by atoms with E-state index in [9.17, 15) is 4.79 Å². The van der Waals surface area contributed by atoms with Gasteiger partial charge in [0.05, 0.1) is 6.04 Å². The lowest BCUT2D eigenvalue weighted by atomic mass is 10.0. The van der Waals surface area contributed by atoms with Crippen LogP contribution in [0.25, 0.3) is 0 Å². The normalized spacial score (nSPS) is 13.4. The number of hydrogen-bond donors (Lipinski definition) is 2. The highest BCUT2D eigenvalue weighted by molar-refractivity contribution is 5.74. The molecule has 5 heteroatoms. The average Bonchev–Trinajstić information content (AvgIpc) is 3.23. The second-order valence-electron chi connectivity index (χ2n) is 8.12. The van der Waals surface area contributed by atoms with Gasteiger partial charge in [0.1, 0.15) is 0 Å². The predicted molar refractivity (Wildman–Crippen MR) is 128 cm³/mol. The summed E-state index contributed by atoms with van der Waals surface area (Å²) in [4.78, 5) is 17.0. The molecule has 160 valence electrons. The molecule has 0 saturated heterocycles. The van der Waals surface area contributed by atoms with Crippen molar-refractivity contribution in [3.05, 3.63) is 95.6 Å². The molecule has 0 bridgehead atoms. The average molecular weight is 415 g/mol. The van der Waals surface area contributed by atoms with E-state index in [0.717, 1.165) is 24.2 Å². The fourth-order valence-electron chi connectivity index (χ4n) is 4.12. The number of hydrogen-bond acceptors (Lipinski definition) is 3. The maximum Gasteiger partial charge on any atom is 0.315 e. The molecule has 3 aromatic carbocycles. The third kappa shape index (κ3) is 5.00. The maximum absolute atomic E-state index is 12.5. The molecule has 0 aliphatic carbocycles. The fraction of sp³-hybridized carbons (Fsp3) is 0.269. The van der Waals surface area contributed by atoms with Gasteiger partial charge in [0.25, 0.3) is 0 Å². The number of amides is 2. The molecule has 31 heavy (non-hydrogen) atoms. The van der Waals surface area contributed by atoms with Crippen LogP contribution < -0.4 is 20.4 Å². The minimum absolute atomic E-state index is 0.0716. The molecular weight excluding hydrogens is 384 g/mol. The highest BCUT2D eigenvalue weighted by Gasteiger charge is 2.27. The summed E-state index contributed by atoms with van der Waals surface area (Å²) >= 11 is 0. The summed E-state index contributed by atoms with van der Waals surface area (Å²) < 4.78 is 0. The van der Waals surface area contributed by atoms with E-state index in [-0.39, 0.29) is 12.1 Å². The SMILES string of the molecule is CN(C)c1ccc(C(CNC(=O)NCc2ccccc2)N2CCc3ccccc32)cc1. The van der Waals surface area contributed by atoms with Gasteiger partial charge in [-0.1, -0.05) is 60.7 Å².